The Morgan fingerprint density at radius 2 is 2.15 bits per heavy atom. The SMILES string of the molecule is C=C(C)C(=O)OCCNC(=O)COn1nc(C)cc1C. The van der Waals surface area contributed by atoms with E-state index in [1.807, 2.05) is 19.9 Å². The zero-order chi connectivity index (χ0) is 15.1. The first-order valence-corrected chi connectivity index (χ1v) is 6.16. The molecule has 0 aromatic carbocycles. The summed E-state index contributed by atoms with van der Waals surface area (Å²) in [5, 5.41) is 6.62. The zero-order valence-corrected chi connectivity index (χ0v) is 11.9. The van der Waals surface area contributed by atoms with Crippen LogP contribution < -0.4 is 10.2 Å². The zero-order valence-electron chi connectivity index (χ0n) is 11.9. The molecule has 0 fully saturated rings. The third kappa shape index (κ3) is 5.13. The van der Waals surface area contributed by atoms with Gasteiger partial charge < -0.3 is 14.9 Å². The number of ether oxygens (including phenoxy) is 1. The normalized spacial score (nSPS) is 9.95. The van der Waals surface area contributed by atoms with Gasteiger partial charge in [0.1, 0.15) is 6.61 Å². The predicted molar refractivity (Wildman–Crippen MR) is 71.9 cm³/mol. The van der Waals surface area contributed by atoms with Crippen molar-refractivity contribution in [2.75, 3.05) is 19.8 Å². The van der Waals surface area contributed by atoms with Gasteiger partial charge in [-0.25, -0.2) is 4.79 Å². The molecular weight excluding hydrogens is 262 g/mol. The predicted octanol–water partition coefficient (Wildman–Crippen LogP) is 0.164. The van der Waals surface area contributed by atoms with Gasteiger partial charge in [0, 0.05) is 5.57 Å². The second kappa shape index (κ2) is 7.32. The van der Waals surface area contributed by atoms with E-state index in [4.69, 9.17) is 9.57 Å². The highest BCUT2D eigenvalue weighted by atomic mass is 16.7. The lowest BCUT2D eigenvalue weighted by molar-refractivity contribution is -0.139. The Morgan fingerprint density at radius 1 is 1.45 bits per heavy atom. The van der Waals surface area contributed by atoms with Crippen LogP contribution in [0, 0.1) is 13.8 Å². The van der Waals surface area contributed by atoms with Gasteiger partial charge >= 0.3 is 5.97 Å². The Hall–Kier alpha value is -2.31. The van der Waals surface area contributed by atoms with E-state index in [0.717, 1.165) is 11.4 Å². The molecule has 110 valence electrons. The van der Waals surface area contributed by atoms with Crippen molar-refractivity contribution in [3.8, 4) is 0 Å². The number of carbonyl (C=O) groups is 2. The maximum Gasteiger partial charge on any atom is 0.333 e. The molecule has 1 aromatic heterocycles. The fraction of sp³-hybridized carbons (Fsp3) is 0.462. The van der Waals surface area contributed by atoms with Gasteiger partial charge in [0.15, 0.2) is 6.61 Å². The van der Waals surface area contributed by atoms with Crippen molar-refractivity contribution in [1.82, 2.24) is 15.3 Å². The molecule has 1 amide bonds. The summed E-state index contributed by atoms with van der Waals surface area (Å²) < 4.78 is 4.83. The smallest absolute Gasteiger partial charge is 0.333 e. The van der Waals surface area contributed by atoms with Gasteiger partial charge in [-0.1, -0.05) is 6.58 Å². The van der Waals surface area contributed by atoms with Gasteiger partial charge in [-0.3, -0.25) is 4.79 Å². The molecule has 7 nitrogen and oxygen atoms in total. The number of hydrogen-bond donors (Lipinski definition) is 1. The first-order valence-electron chi connectivity index (χ1n) is 6.16. The molecule has 1 heterocycles. The number of aromatic nitrogens is 2. The van der Waals surface area contributed by atoms with Crippen LogP contribution in [0.5, 0.6) is 0 Å². The second-order valence-corrected chi connectivity index (χ2v) is 4.34. The maximum atomic E-state index is 11.5. The van der Waals surface area contributed by atoms with Crippen molar-refractivity contribution < 1.29 is 19.2 Å². The Morgan fingerprint density at radius 3 is 2.70 bits per heavy atom. The summed E-state index contributed by atoms with van der Waals surface area (Å²) in [5.41, 5.74) is 1.95. The van der Waals surface area contributed by atoms with Crippen LogP contribution in [0.2, 0.25) is 0 Å². The van der Waals surface area contributed by atoms with Crippen LogP contribution >= 0.6 is 0 Å². The number of hydrogen-bond acceptors (Lipinski definition) is 5. The van der Waals surface area contributed by atoms with E-state index in [-0.39, 0.29) is 25.7 Å². The number of esters is 1. The van der Waals surface area contributed by atoms with Crippen LogP contribution in [0.15, 0.2) is 18.2 Å². The number of nitrogens with zero attached hydrogens (tertiary/aromatic N) is 2. The number of nitrogens with one attached hydrogen (secondary N) is 1. The lowest BCUT2D eigenvalue weighted by atomic mass is 10.4. The highest BCUT2D eigenvalue weighted by molar-refractivity contribution is 5.86. The molecule has 20 heavy (non-hydrogen) atoms. The van der Waals surface area contributed by atoms with Crippen molar-refractivity contribution in [2.45, 2.75) is 20.8 Å². The lowest BCUT2D eigenvalue weighted by Crippen LogP contribution is -2.34. The van der Waals surface area contributed by atoms with Gasteiger partial charge in [-0.2, -0.15) is 0 Å². The highest BCUT2D eigenvalue weighted by Crippen LogP contribution is 1.98. The highest BCUT2D eigenvalue weighted by Gasteiger charge is 2.06. The van der Waals surface area contributed by atoms with Crippen molar-refractivity contribution >= 4 is 11.9 Å². The van der Waals surface area contributed by atoms with Crippen LogP contribution in [-0.2, 0) is 14.3 Å². The Balaban J connectivity index is 2.19. The number of carbonyl (C=O) groups excluding carboxylic acids is 2. The van der Waals surface area contributed by atoms with Gasteiger partial charge in [0.2, 0.25) is 0 Å². The fourth-order valence-corrected chi connectivity index (χ4v) is 1.37. The molecule has 0 spiro atoms. The molecule has 0 bridgehead atoms. The van der Waals surface area contributed by atoms with Crippen LogP contribution in [-0.4, -0.2) is 41.6 Å². The molecule has 1 aromatic rings. The molecule has 0 saturated heterocycles. The lowest BCUT2D eigenvalue weighted by Gasteiger charge is -2.08. The fourth-order valence-electron chi connectivity index (χ4n) is 1.37. The molecule has 1 rings (SSSR count). The standard InChI is InChI=1S/C13H19N3O4/c1-9(2)13(18)19-6-5-14-12(17)8-20-16-11(4)7-10(3)15-16/h7H,1,5-6,8H2,2-4H3,(H,14,17). The van der Waals surface area contributed by atoms with Crippen molar-refractivity contribution in [3.05, 3.63) is 29.6 Å². The number of aryl methyl sites for hydroxylation is 2. The van der Waals surface area contributed by atoms with Crippen LogP contribution in [0.1, 0.15) is 18.3 Å². The topological polar surface area (TPSA) is 82.5 Å². The largest absolute Gasteiger partial charge is 0.460 e. The van der Waals surface area contributed by atoms with Gasteiger partial charge in [0.05, 0.1) is 17.9 Å². The quantitative estimate of drug-likeness (QED) is 0.437. The summed E-state index contributed by atoms with van der Waals surface area (Å²) in [7, 11) is 0. The Labute approximate surface area is 117 Å². The van der Waals surface area contributed by atoms with Crippen molar-refractivity contribution in [3.63, 3.8) is 0 Å². The third-order valence-electron chi connectivity index (χ3n) is 2.29. The average Bonchev–Trinajstić information content (AvgIpc) is 2.70. The first-order chi connectivity index (χ1) is 9.40. The third-order valence-corrected chi connectivity index (χ3v) is 2.29. The van der Waals surface area contributed by atoms with Crippen molar-refractivity contribution in [1.29, 1.82) is 0 Å². The monoisotopic (exact) mass is 281 g/mol. The summed E-state index contributed by atoms with van der Waals surface area (Å²) in [6.45, 7) is 8.83. The molecule has 0 aliphatic carbocycles. The first kappa shape index (κ1) is 15.7. The molecule has 0 aliphatic rings. The van der Waals surface area contributed by atoms with E-state index in [2.05, 4.69) is 17.0 Å². The molecular formula is C13H19N3O4. The van der Waals surface area contributed by atoms with Crippen LogP contribution in [0.3, 0.4) is 0 Å². The van der Waals surface area contributed by atoms with E-state index in [1.54, 1.807) is 6.92 Å². The minimum absolute atomic E-state index is 0.0946. The minimum Gasteiger partial charge on any atom is -0.460 e. The Kier molecular flexibility index (Phi) is 5.76. The second-order valence-electron chi connectivity index (χ2n) is 4.34. The van der Waals surface area contributed by atoms with Crippen LogP contribution in [0.4, 0.5) is 0 Å². The number of rotatable bonds is 7. The molecule has 0 saturated carbocycles. The van der Waals surface area contributed by atoms with Gasteiger partial charge in [-0.15, -0.1) is 9.94 Å². The van der Waals surface area contributed by atoms with E-state index in [0.29, 0.717) is 5.57 Å². The van der Waals surface area contributed by atoms with Crippen LogP contribution in [0.25, 0.3) is 0 Å². The summed E-state index contributed by atoms with van der Waals surface area (Å²) in [4.78, 5) is 29.1. The molecule has 0 atom stereocenters. The summed E-state index contributed by atoms with van der Waals surface area (Å²) in [6.07, 6.45) is 0. The van der Waals surface area contributed by atoms with E-state index < -0.39 is 5.97 Å². The van der Waals surface area contributed by atoms with Gasteiger partial charge in [0.25, 0.3) is 5.91 Å². The van der Waals surface area contributed by atoms with Gasteiger partial charge in [-0.05, 0) is 26.8 Å². The summed E-state index contributed by atoms with van der Waals surface area (Å²) in [6, 6.07) is 1.84. The van der Waals surface area contributed by atoms with Crippen molar-refractivity contribution in [2.24, 2.45) is 0 Å². The number of amides is 1. The van der Waals surface area contributed by atoms with E-state index >= 15 is 0 Å². The summed E-state index contributed by atoms with van der Waals surface area (Å²) >= 11 is 0. The summed E-state index contributed by atoms with van der Waals surface area (Å²) in [5.74, 6) is -0.790. The minimum atomic E-state index is -0.474. The Bertz CT molecular complexity index is 508. The van der Waals surface area contributed by atoms with E-state index in [1.165, 1.54) is 4.85 Å². The molecule has 7 heteroatoms. The van der Waals surface area contributed by atoms with E-state index in [9.17, 15) is 9.59 Å². The molecule has 1 N–H and O–H groups in total. The molecule has 0 radical (unpaired) electrons. The molecule has 0 unspecified atom stereocenters. The molecule has 0 aliphatic heterocycles. The average molecular weight is 281 g/mol. The maximum absolute atomic E-state index is 11.5.